The summed E-state index contributed by atoms with van der Waals surface area (Å²) in [5, 5.41) is 8.33. The molecule has 0 atom stereocenters. The Bertz CT molecular complexity index is 1050. The molecule has 0 bridgehead atoms. The van der Waals surface area contributed by atoms with Crippen molar-refractivity contribution in [1.29, 1.82) is 0 Å². The molecule has 3 aromatic rings. The number of fused-ring (bicyclic) bond motifs is 1. The number of oxazole rings is 1. The molecule has 3 rings (SSSR count). The molecule has 0 fully saturated rings. The highest BCUT2D eigenvalue weighted by atomic mass is 16.3. The molecular formula is C22H26N4O3. The molecular weight excluding hydrogens is 368 g/mol. The van der Waals surface area contributed by atoms with Crippen molar-refractivity contribution in [3.05, 3.63) is 53.9 Å². The predicted octanol–water partition coefficient (Wildman–Crippen LogP) is 4.91. The summed E-state index contributed by atoms with van der Waals surface area (Å²) < 4.78 is 5.79. The van der Waals surface area contributed by atoms with E-state index < -0.39 is 0 Å². The quantitative estimate of drug-likeness (QED) is 0.586. The normalized spacial score (nSPS) is 11.5. The average molecular weight is 394 g/mol. The Labute approximate surface area is 169 Å². The molecule has 1 heterocycles. The summed E-state index contributed by atoms with van der Waals surface area (Å²) >= 11 is 0. The molecule has 3 N–H and O–H groups in total. The lowest BCUT2D eigenvalue weighted by Gasteiger charge is -2.11. The Morgan fingerprint density at radius 3 is 2.41 bits per heavy atom. The maximum atomic E-state index is 12.6. The van der Waals surface area contributed by atoms with Crippen LogP contribution < -0.4 is 16.0 Å². The zero-order valence-corrected chi connectivity index (χ0v) is 17.3. The first kappa shape index (κ1) is 20.4. The van der Waals surface area contributed by atoms with E-state index in [9.17, 15) is 9.59 Å². The van der Waals surface area contributed by atoms with Gasteiger partial charge in [-0.05, 0) is 50.2 Å². The van der Waals surface area contributed by atoms with Gasteiger partial charge < -0.3 is 20.4 Å². The fraction of sp³-hybridized carbons (Fsp3) is 0.318. The van der Waals surface area contributed by atoms with Crippen LogP contribution in [0.5, 0.6) is 0 Å². The van der Waals surface area contributed by atoms with Crippen molar-refractivity contribution >= 4 is 34.4 Å². The summed E-state index contributed by atoms with van der Waals surface area (Å²) in [6.45, 7) is 9.84. The van der Waals surface area contributed by atoms with Gasteiger partial charge in [0.2, 0.25) is 5.89 Å². The fourth-order valence-electron chi connectivity index (χ4n) is 2.70. The molecule has 0 aliphatic heterocycles. The largest absolute Gasteiger partial charge is 0.440 e. The van der Waals surface area contributed by atoms with Gasteiger partial charge in [-0.15, -0.1) is 0 Å². The van der Waals surface area contributed by atoms with E-state index in [2.05, 4.69) is 20.9 Å². The highest BCUT2D eigenvalue weighted by Gasteiger charge is 2.21. The molecule has 0 saturated heterocycles. The molecule has 7 heteroatoms. The third-order valence-electron chi connectivity index (χ3n) is 4.09. The van der Waals surface area contributed by atoms with Crippen molar-refractivity contribution in [3.63, 3.8) is 0 Å². The number of aromatic nitrogens is 1. The van der Waals surface area contributed by atoms with Crippen LogP contribution in [0.15, 0.2) is 46.9 Å². The minimum atomic E-state index is -0.316. The second-order valence-corrected chi connectivity index (χ2v) is 8.24. The van der Waals surface area contributed by atoms with E-state index in [1.807, 2.05) is 34.6 Å². The summed E-state index contributed by atoms with van der Waals surface area (Å²) in [4.78, 5) is 29.0. The first-order valence-corrected chi connectivity index (χ1v) is 9.52. The van der Waals surface area contributed by atoms with Crippen molar-refractivity contribution in [1.82, 2.24) is 10.3 Å². The number of nitrogens with one attached hydrogen (secondary N) is 3. The van der Waals surface area contributed by atoms with Gasteiger partial charge in [0.05, 0.1) is 0 Å². The van der Waals surface area contributed by atoms with Crippen LogP contribution in [-0.2, 0) is 5.41 Å². The zero-order valence-electron chi connectivity index (χ0n) is 17.3. The lowest BCUT2D eigenvalue weighted by atomic mass is 9.97. The van der Waals surface area contributed by atoms with Gasteiger partial charge in [-0.25, -0.2) is 9.78 Å². The molecule has 29 heavy (non-hydrogen) atoms. The van der Waals surface area contributed by atoms with Crippen molar-refractivity contribution in [2.24, 2.45) is 0 Å². The molecule has 3 amide bonds. The number of hydrogen-bond acceptors (Lipinski definition) is 4. The summed E-state index contributed by atoms with van der Waals surface area (Å²) in [6.07, 6.45) is 0. The number of rotatable bonds is 4. The SMILES string of the molecule is CC(C)NC(=O)Nc1cccc(C(=O)Nc2ccc3oc(C(C)(C)C)nc3c2)c1. The van der Waals surface area contributed by atoms with Crippen LogP contribution in [0.1, 0.15) is 50.9 Å². The number of anilines is 2. The summed E-state index contributed by atoms with van der Waals surface area (Å²) in [7, 11) is 0. The molecule has 7 nitrogen and oxygen atoms in total. The van der Waals surface area contributed by atoms with Crippen LogP contribution in [0.25, 0.3) is 11.1 Å². The monoisotopic (exact) mass is 394 g/mol. The smallest absolute Gasteiger partial charge is 0.319 e. The van der Waals surface area contributed by atoms with Gasteiger partial charge >= 0.3 is 6.03 Å². The van der Waals surface area contributed by atoms with E-state index in [0.29, 0.717) is 33.9 Å². The number of benzene rings is 2. The van der Waals surface area contributed by atoms with E-state index in [0.717, 1.165) is 0 Å². The second kappa shape index (κ2) is 7.95. The van der Waals surface area contributed by atoms with Crippen LogP contribution in [0, 0.1) is 0 Å². The Morgan fingerprint density at radius 1 is 1.00 bits per heavy atom. The highest BCUT2D eigenvalue weighted by molar-refractivity contribution is 6.05. The zero-order chi connectivity index (χ0) is 21.2. The molecule has 1 aromatic heterocycles. The first-order valence-electron chi connectivity index (χ1n) is 9.52. The van der Waals surface area contributed by atoms with Crippen LogP contribution >= 0.6 is 0 Å². The maximum absolute atomic E-state index is 12.6. The predicted molar refractivity (Wildman–Crippen MR) is 114 cm³/mol. The number of nitrogens with zero attached hydrogens (tertiary/aromatic N) is 1. The van der Waals surface area contributed by atoms with Crippen LogP contribution in [0.2, 0.25) is 0 Å². The fourth-order valence-corrected chi connectivity index (χ4v) is 2.70. The van der Waals surface area contributed by atoms with Crippen molar-refractivity contribution in [2.75, 3.05) is 10.6 Å². The van der Waals surface area contributed by atoms with Crippen LogP contribution in [0.4, 0.5) is 16.2 Å². The number of hydrogen-bond donors (Lipinski definition) is 3. The molecule has 0 aliphatic rings. The van der Waals surface area contributed by atoms with Crippen molar-refractivity contribution < 1.29 is 14.0 Å². The minimum Gasteiger partial charge on any atom is -0.440 e. The Kier molecular flexibility index (Phi) is 5.59. The topological polar surface area (TPSA) is 96.3 Å². The number of amides is 3. The second-order valence-electron chi connectivity index (χ2n) is 8.24. The van der Waals surface area contributed by atoms with E-state index in [-0.39, 0.29) is 23.4 Å². The number of urea groups is 1. The first-order chi connectivity index (χ1) is 13.6. The standard InChI is InChI=1S/C22H26N4O3/c1-13(2)23-21(28)25-15-8-6-7-14(11-15)19(27)24-16-9-10-18-17(12-16)26-20(29-18)22(3,4)5/h6-13H,1-5H3,(H,24,27)(H2,23,25,28). The molecule has 0 unspecified atom stereocenters. The van der Waals surface area contributed by atoms with E-state index in [1.165, 1.54) is 0 Å². The van der Waals surface area contributed by atoms with Gasteiger partial charge in [-0.1, -0.05) is 26.8 Å². The molecule has 2 aromatic carbocycles. The van der Waals surface area contributed by atoms with Crippen molar-refractivity contribution in [2.45, 2.75) is 46.1 Å². The third-order valence-corrected chi connectivity index (χ3v) is 4.09. The van der Waals surface area contributed by atoms with Gasteiger partial charge in [-0.2, -0.15) is 0 Å². The Morgan fingerprint density at radius 2 is 1.72 bits per heavy atom. The Balaban J connectivity index is 1.74. The van der Waals surface area contributed by atoms with Crippen LogP contribution in [0.3, 0.4) is 0 Å². The van der Waals surface area contributed by atoms with Gasteiger partial charge in [0, 0.05) is 28.4 Å². The third kappa shape index (κ3) is 5.13. The molecule has 152 valence electrons. The van der Waals surface area contributed by atoms with Gasteiger partial charge in [0.25, 0.3) is 5.91 Å². The summed E-state index contributed by atoms with van der Waals surface area (Å²) in [5.74, 6) is 0.367. The minimum absolute atomic E-state index is 0.0201. The van der Waals surface area contributed by atoms with Crippen molar-refractivity contribution in [3.8, 4) is 0 Å². The number of carbonyl (C=O) groups excluding carboxylic acids is 2. The van der Waals surface area contributed by atoms with E-state index in [4.69, 9.17) is 4.42 Å². The lowest BCUT2D eigenvalue weighted by Crippen LogP contribution is -2.34. The summed E-state index contributed by atoms with van der Waals surface area (Å²) in [5.41, 5.74) is 2.76. The van der Waals surface area contributed by atoms with Gasteiger partial charge in [-0.3, -0.25) is 4.79 Å². The molecule has 0 saturated carbocycles. The molecule has 0 aliphatic carbocycles. The maximum Gasteiger partial charge on any atom is 0.319 e. The van der Waals surface area contributed by atoms with E-state index >= 15 is 0 Å². The number of carbonyl (C=O) groups is 2. The van der Waals surface area contributed by atoms with Gasteiger partial charge in [0.1, 0.15) is 5.52 Å². The molecule has 0 spiro atoms. The van der Waals surface area contributed by atoms with Gasteiger partial charge in [0.15, 0.2) is 5.58 Å². The van der Waals surface area contributed by atoms with E-state index in [1.54, 1.807) is 42.5 Å². The average Bonchev–Trinajstić information content (AvgIpc) is 3.05. The highest BCUT2D eigenvalue weighted by Crippen LogP contribution is 2.27. The lowest BCUT2D eigenvalue weighted by molar-refractivity contribution is 0.102. The van der Waals surface area contributed by atoms with Crippen LogP contribution in [-0.4, -0.2) is 23.0 Å². The molecule has 0 radical (unpaired) electrons. The Hall–Kier alpha value is -3.35. The summed E-state index contributed by atoms with van der Waals surface area (Å²) in [6, 6.07) is 11.8.